The summed E-state index contributed by atoms with van der Waals surface area (Å²) in [4.78, 5) is 24.5. The third-order valence-corrected chi connectivity index (χ3v) is 5.03. The van der Waals surface area contributed by atoms with E-state index < -0.39 is 5.60 Å². The molecule has 2 heterocycles. The van der Waals surface area contributed by atoms with Crippen molar-refractivity contribution in [1.82, 2.24) is 0 Å². The van der Waals surface area contributed by atoms with Crippen molar-refractivity contribution in [1.29, 1.82) is 0 Å². The minimum absolute atomic E-state index is 0.0244. The summed E-state index contributed by atoms with van der Waals surface area (Å²) >= 11 is 6.82. The molecule has 1 aliphatic heterocycles. The summed E-state index contributed by atoms with van der Waals surface area (Å²) in [5.74, 6) is -0.351. The van der Waals surface area contributed by atoms with Gasteiger partial charge in [0.2, 0.25) is 12.3 Å². The lowest BCUT2D eigenvalue weighted by Gasteiger charge is -2.26. The Labute approximate surface area is 147 Å². The Morgan fingerprint density at radius 1 is 1.41 bits per heavy atom. The van der Waals surface area contributed by atoms with Gasteiger partial charge in [0.1, 0.15) is 0 Å². The first kappa shape index (κ1) is 17.6. The summed E-state index contributed by atoms with van der Waals surface area (Å²) in [5, 5.41) is 0. The first-order chi connectivity index (χ1) is 10.3. The molecule has 0 spiro atoms. The third kappa shape index (κ3) is 3.96. The number of ether oxygens (including phenoxy) is 1. The molecule has 1 aromatic rings. The van der Waals surface area contributed by atoms with Gasteiger partial charge >= 0.3 is 5.97 Å². The Balaban J connectivity index is 2.16. The number of hydrogen-bond donors (Lipinski definition) is 0. The number of Topliss-reactive ketones (excluding diaryl/α,β-unsaturated/α-hetero) is 1. The highest BCUT2D eigenvalue weighted by Crippen LogP contribution is 2.37. The summed E-state index contributed by atoms with van der Waals surface area (Å²) in [6, 6.07) is 1.91. The molecule has 4 nitrogen and oxygen atoms in total. The summed E-state index contributed by atoms with van der Waals surface area (Å²) in [6.07, 6.45) is 6.90. The van der Waals surface area contributed by atoms with Crippen LogP contribution in [0, 0.1) is 5.92 Å². The zero-order chi connectivity index (χ0) is 16.3. The number of cyclic esters (lactones) is 1. The fourth-order valence-corrected chi connectivity index (χ4v) is 4.17. The molecule has 0 aromatic carbocycles. The maximum absolute atomic E-state index is 12.7. The maximum atomic E-state index is 12.7. The van der Waals surface area contributed by atoms with Gasteiger partial charge in [-0.25, -0.2) is 0 Å². The normalized spacial score (nSPS) is 24.4. The lowest BCUT2D eigenvalue weighted by Crippen LogP contribution is -2.49. The van der Waals surface area contributed by atoms with E-state index in [1.165, 1.54) is 0 Å². The number of pyridine rings is 1. The van der Waals surface area contributed by atoms with Gasteiger partial charge in [0.05, 0.1) is 15.4 Å². The molecule has 0 amide bonds. The average molecular weight is 434 g/mol. The maximum Gasteiger partial charge on any atom is 0.307 e. The number of carbonyl (C=O) groups excluding carboxylic acids is 2. The zero-order valence-electron chi connectivity index (χ0n) is 12.8. The van der Waals surface area contributed by atoms with Gasteiger partial charge in [-0.2, -0.15) is 4.57 Å². The Morgan fingerprint density at radius 3 is 2.64 bits per heavy atom. The van der Waals surface area contributed by atoms with Gasteiger partial charge in [-0.3, -0.25) is 9.59 Å². The molecule has 1 aliphatic rings. The van der Waals surface area contributed by atoms with E-state index in [1.807, 2.05) is 18.5 Å². The standard InChI is InChI=1S/C16H20Br2NO3/c1-3-4-5-11-6-15(21)22-16(11,2)14(20)10-19-8-12(17)7-13(18)9-19/h7-9,11H,3-6,10H2,1-2H3/q+1/t11-,16-/m0/s1. The van der Waals surface area contributed by atoms with E-state index in [4.69, 9.17) is 4.74 Å². The Morgan fingerprint density at radius 2 is 2.05 bits per heavy atom. The van der Waals surface area contributed by atoms with Crippen molar-refractivity contribution in [2.45, 2.75) is 51.7 Å². The van der Waals surface area contributed by atoms with Gasteiger partial charge in [-0.05, 0) is 51.3 Å². The van der Waals surface area contributed by atoms with E-state index in [0.717, 1.165) is 28.2 Å². The number of halogens is 2. The smallest absolute Gasteiger partial charge is 0.307 e. The number of esters is 1. The molecule has 120 valence electrons. The van der Waals surface area contributed by atoms with E-state index in [-0.39, 0.29) is 24.2 Å². The number of rotatable bonds is 6. The van der Waals surface area contributed by atoms with Crippen molar-refractivity contribution < 1.29 is 18.9 Å². The first-order valence-electron chi connectivity index (χ1n) is 7.45. The number of hydrogen-bond acceptors (Lipinski definition) is 3. The van der Waals surface area contributed by atoms with E-state index in [9.17, 15) is 9.59 Å². The van der Waals surface area contributed by atoms with Crippen LogP contribution >= 0.6 is 31.9 Å². The number of ketones is 1. The fourth-order valence-electron chi connectivity index (χ4n) is 2.84. The Bertz CT molecular complexity index is 571. The van der Waals surface area contributed by atoms with Crippen LogP contribution in [0.25, 0.3) is 0 Å². The topological polar surface area (TPSA) is 47.3 Å². The minimum atomic E-state index is -1.01. The van der Waals surface area contributed by atoms with E-state index in [2.05, 4.69) is 38.8 Å². The summed E-state index contributed by atoms with van der Waals surface area (Å²) in [5.41, 5.74) is -1.01. The second-order valence-corrected chi connectivity index (χ2v) is 7.72. The number of aromatic nitrogens is 1. The summed E-state index contributed by atoms with van der Waals surface area (Å²) < 4.78 is 8.98. The first-order valence-corrected chi connectivity index (χ1v) is 9.04. The molecule has 2 atom stereocenters. The van der Waals surface area contributed by atoms with Crippen molar-refractivity contribution >= 4 is 43.6 Å². The van der Waals surface area contributed by atoms with Gasteiger partial charge < -0.3 is 4.74 Å². The van der Waals surface area contributed by atoms with Crippen LogP contribution in [0.5, 0.6) is 0 Å². The van der Waals surface area contributed by atoms with Crippen molar-refractivity contribution in [2.24, 2.45) is 5.92 Å². The van der Waals surface area contributed by atoms with E-state index in [0.29, 0.717) is 6.42 Å². The molecule has 1 saturated heterocycles. The van der Waals surface area contributed by atoms with Gasteiger partial charge in [-0.1, -0.05) is 19.8 Å². The van der Waals surface area contributed by atoms with Crippen LogP contribution in [0.4, 0.5) is 0 Å². The summed E-state index contributed by atoms with van der Waals surface area (Å²) in [7, 11) is 0. The number of unbranched alkanes of at least 4 members (excludes halogenated alkanes) is 1. The monoisotopic (exact) mass is 432 g/mol. The number of carbonyl (C=O) groups is 2. The van der Waals surface area contributed by atoms with Crippen LogP contribution < -0.4 is 4.57 Å². The van der Waals surface area contributed by atoms with E-state index in [1.54, 1.807) is 11.5 Å². The molecular formula is C16H20Br2NO3+. The predicted molar refractivity (Wildman–Crippen MR) is 89.2 cm³/mol. The van der Waals surface area contributed by atoms with Gasteiger partial charge in [-0.15, -0.1) is 0 Å². The molecule has 0 bridgehead atoms. The molecular weight excluding hydrogens is 414 g/mol. The highest BCUT2D eigenvalue weighted by atomic mass is 79.9. The molecule has 0 aliphatic carbocycles. The molecule has 2 rings (SSSR count). The van der Waals surface area contributed by atoms with Crippen LogP contribution in [0.3, 0.4) is 0 Å². The highest BCUT2D eigenvalue weighted by molar-refractivity contribution is 9.11. The van der Waals surface area contributed by atoms with Crippen LogP contribution in [0.15, 0.2) is 27.4 Å². The molecule has 0 N–H and O–H groups in total. The second-order valence-electron chi connectivity index (χ2n) is 5.89. The van der Waals surface area contributed by atoms with Gasteiger partial charge in [0.15, 0.2) is 18.0 Å². The van der Waals surface area contributed by atoms with Crippen molar-refractivity contribution in [2.75, 3.05) is 0 Å². The summed E-state index contributed by atoms with van der Waals surface area (Å²) in [6.45, 7) is 4.05. The molecule has 6 heteroatoms. The molecule has 0 saturated carbocycles. The molecule has 0 unspecified atom stereocenters. The molecule has 22 heavy (non-hydrogen) atoms. The molecule has 0 radical (unpaired) electrons. The predicted octanol–water partition coefficient (Wildman–Crippen LogP) is 3.58. The quantitative estimate of drug-likeness (QED) is 0.508. The van der Waals surface area contributed by atoms with Crippen LogP contribution in [0.2, 0.25) is 0 Å². The minimum Gasteiger partial charge on any atom is -0.451 e. The van der Waals surface area contributed by atoms with Gasteiger partial charge in [0.25, 0.3) is 0 Å². The Kier molecular flexibility index (Phi) is 5.77. The van der Waals surface area contributed by atoms with E-state index >= 15 is 0 Å². The highest BCUT2D eigenvalue weighted by Gasteiger charge is 2.51. The fraction of sp³-hybridized carbons (Fsp3) is 0.562. The van der Waals surface area contributed by atoms with Crippen LogP contribution in [0.1, 0.15) is 39.5 Å². The van der Waals surface area contributed by atoms with Crippen molar-refractivity contribution in [3.05, 3.63) is 27.4 Å². The number of nitrogens with zero attached hydrogens (tertiary/aromatic N) is 1. The van der Waals surface area contributed by atoms with Crippen LogP contribution in [-0.2, 0) is 20.9 Å². The average Bonchev–Trinajstić information content (AvgIpc) is 2.71. The molecule has 1 aromatic heterocycles. The largest absolute Gasteiger partial charge is 0.451 e. The van der Waals surface area contributed by atoms with Gasteiger partial charge in [0, 0.05) is 5.92 Å². The zero-order valence-corrected chi connectivity index (χ0v) is 15.9. The van der Waals surface area contributed by atoms with Crippen LogP contribution in [-0.4, -0.2) is 17.4 Å². The second kappa shape index (κ2) is 7.21. The third-order valence-electron chi connectivity index (χ3n) is 4.16. The Hall–Kier alpha value is -0.750. The molecule has 1 fully saturated rings. The lowest BCUT2D eigenvalue weighted by molar-refractivity contribution is -0.686. The van der Waals surface area contributed by atoms with Crippen molar-refractivity contribution in [3.63, 3.8) is 0 Å². The van der Waals surface area contributed by atoms with Crippen molar-refractivity contribution in [3.8, 4) is 0 Å². The SMILES string of the molecule is CCCC[C@H]1CC(=O)O[C@]1(C)C(=O)C[n+]1cc(Br)cc(Br)c1. The lowest BCUT2D eigenvalue weighted by atomic mass is 9.82.